The number of urea groups is 1. The lowest BCUT2D eigenvalue weighted by Gasteiger charge is -2.09. The van der Waals surface area contributed by atoms with Gasteiger partial charge in [-0.25, -0.2) is 4.79 Å². The number of hydrogen-bond acceptors (Lipinski definition) is 4. The minimum atomic E-state index is -0.289. The highest BCUT2D eigenvalue weighted by Crippen LogP contribution is 2.15. The predicted octanol–water partition coefficient (Wildman–Crippen LogP) is 4.33. The van der Waals surface area contributed by atoms with Gasteiger partial charge in [-0.1, -0.05) is 24.3 Å². The third-order valence-corrected chi connectivity index (χ3v) is 3.88. The van der Waals surface area contributed by atoms with Gasteiger partial charge in [-0.05, 0) is 47.5 Å². The fourth-order valence-corrected chi connectivity index (χ4v) is 2.50. The summed E-state index contributed by atoms with van der Waals surface area (Å²) in [4.78, 5) is 12.0. The molecule has 3 aromatic rings. The quantitative estimate of drug-likeness (QED) is 0.622. The average Bonchev–Trinajstić information content (AvgIpc) is 3.21. The van der Waals surface area contributed by atoms with Crippen molar-refractivity contribution < 1.29 is 18.7 Å². The van der Waals surface area contributed by atoms with Crippen molar-refractivity contribution >= 4 is 11.7 Å². The van der Waals surface area contributed by atoms with Gasteiger partial charge in [-0.2, -0.15) is 0 Å². The normalized spacial score (nSPS) is 10.4. The number of furan rings is 1. The van der Waals surface area contributed by atoms with Crippen LogP contribution in [0.25, 0.3) is 0 Å². The van der Waals surface area contributed by atoms with E-state index in [1.807, 2.05) is 48.5 Å². The number of amides is 2. The Bertz CT molecular complexity index is 845. The SMILES string of the molecule is COc1ccc(COCc2cccc(NC(=O)NCc3ccco3)c2)cc1. The van der Waals surface area contributed by atoms with E-state index in [9.17, 15) is 4.79 Å². The first kappa shape index (κ1) is 18.5. The summed E-state index contributed by atoms with van der Waals surface area (Å²) in [6.07, 6.45) is 1.57. The molecule has 0 aliphatic rings. The van der Waals surface area contributed by atoms with E-state index in [0.717, 1.165) is 16.9 Å². The first-order valence-corrected chi connectivity index (χ1v) is 8.60. The molecule has 2 N–H and O–H groups in total. The van der Waals surface area contributed by atoms with Crippen LogP contribution in [0.4, 0.5) is 10.5 Å². The topological polar surface area (TPSA) is 72.7 Å². The molecule has 0 aliphatic carbocycles. The molecule has 1 aromatic heterocycles. The minimum Gasteiger partial charge on any atom is -0.497 e. The van der Waals surface area contributed by atoms with Crippen LogP contribution in [0.3, 0.4) is 0 Å². The number of ether oxygens (including phenoxy) is 2. The van der Waals surface area contributed by atoms with Gasteiger partial charge < -0.3 is 24.5 Å². The van der Waals surface area contributed by atoms with Crippen LogP contribution in [0.1, 0.15) is 16.9 Å². The zero-order chi connectivity index (χ0) is 18.9. The van der Waals surface area contributed by atoms with Crippen molar-refractivity contribution in [2.75, 3.05) is 12.4 Å². The minimum absolute atomic E-state index is 0.289. The Morgan fingerprint density at radius 3 is 2.56 bits per heavy atom. The van der Waals surface area contributed by atoms with E-state index in [-0.39, 0.29) is 6.03 Å². The molecule has 2 aromatic carbocycles. The molecule has 2 amide bonds. The van der Waals surface area contributed by atoms with E-state index in [1.165, 1.54) is 0 Å². The largest absolute Gasteiger partial charge is 0.497 e. The van der Waals surface area contributed by atoms with Gasteiger partial charge >= 0.3 is 6.03 Å². The molecular formula is C21H22N2O4. The highest BCUT2D eigenvalue weighted by atomic mass is 16.5. The Labute approximate surface area is 158 Å². The fraction of sp³-hybridized carbons (Fsp3) is 0.190. The van der Waals surface area contributed by atoms with Crippen molar-refractivity contribution in [3.63, 3.8) is 0 Å². The number of carbonyl (C=O) groups excluding carboxylic acids is 1. The van der Waals surface area contributed by atoms with Crippen LogP contribution < -0.4 is 15.4 Å². The summed E-state index contributed by atoms with van der Waals surface area (Å²) in [5.41, 5.74) is 2.76. The molecule has 0 atom stereocenters. The number of benzene rings is 2. The van der Waals surface area contributed by atoms with Gasteiger partial charge in [0.1, 0.15) is 11.5 Å². The number of carbonyl (C=O) groups is 1. The van der Waals surface area contributed by atoms with E-state index in [4.69, 9.17) is 13.9 Å². The predicted molar refractivity (Wildman–Crippen MR) is 102 cm³/mol. The summed E-state index contributed by atoms with van der Waals surface area (Å²) in [7, 11) is 1.64. The molecule has 0 unspecified atom stereocenters. The van der Waals surface area contributed by atoms with E-state index < -0.39 is 0 Å². The molecule has 27 heavy (non-hydrogen) atoms. The van der Waals surface area contributed by atoms with Crippen LogP contribution in [0.15, 0.2) is 71.3 Å². The lowest BCUT2D eigenvalue weighted by molar-refractivity contribution is 0.107. The van der Waals surface area contributed by atoms with Gasteiger partial charge in [-0.3, -0.25) is 0 Å². The molecule has 0 fully saturated rings. The first-order valence-electron chi connectivity index (χ1n) is 8.60. The van der Waals surface area contributed by atoms with Crippen molar-refractivity contribution in [2.24, 2.45) is 0 Å². The zero-order valence-corrected chi connectivity index (χ0v) is 15.1. The van der Waals surface area contributed by atoms with E-state index >= 15 is 0 Å². The number of nitrogens with one attached hydrogen (secondary N) is 2. The van der Waals surface area contributed by atoms with E-state index in [0.29, 0.717) is 31.2 Å². The molecule has 0 saturated carbocycles. The van der Waals surface area contributed by atoms with Crippen LogP contribution in [0, 0.1) is 0 Å². The Kier molecular flexibility index (Phi) is 6.49. The molecule has 0 radical (unpaired) electrons. The molecule has 3 rings (SSSR count). The van der Waals surface area contributed by atoms with Crippen LogP contribution in [-0.2, 0) is 24.5 Å². The fourth-order valence-electron chi connectivity index (χ4n) is 2.50. The molecule has 0 saturated heterocycles. The summed E-state index contributed by atoms with van der Waals surface area (Å²) in [5.74, 6) is 1.52. The second-order valence-corrected chi connectivity index (χ2v) is 5.93. The van der Waals surface area contributed by atoms with Gasteiger partial charge in [0.25, 0.3) is 0 Å². The first-order chi connectivity index (χ1) is 13.2. The summed E-state index contributed by atoms with van der Waals surface area (Å²) in [6.45, 7) is 1.30. The summed E-state index contributed by atoms with van der Waals surface area (Å²) in [5, 5.41) is 5.55. The van der Waals surface area contributed by atoms with Gasteiger partial charge in [-0.15, -0.1) is 0 Å². The van der Waals surface area contributed by atoms with Crippen LogP contribution in [-0.4, -0.2) is 13.1 Å². The third-order valence-electron chi connectivity index (χ3n) is 3.88. The standard InChI is InChI=1S/C21H22N2O4/c1-25-19-9-7-16(8-10-19)14-26-15-17-4-2-5-18(12-17)23-21(24)22-13-20-6-3-11-27-20/h2-12H,13-15H2,1H3,(H2,22,23,24). The van der Waals surface area contributed by atoms with Crippen molar-refractivity contribution in [1.82, 2.24) is 5.32 Å². The van der Waals surface area contributed by atoms with Crippen LogP contribution in [0.5, 0.6) is 5.75 Å². The highest BCUT2D eigenvalue weighted by molar-refractivity contribution is 5.89. The molecule has 0 aliphatic heterocycles. The van der Waals surface area contributed by atoms with Crippen molar-refractivity contribution in [1.29, 1.82) is 0 Å². The van der Waals surface area contributed by atoms with Crippen LogP contribution >= 0.6 is 0 Å². The van der Waals surface area contributed by atoms with Crippen molar-refractivity contribution in [3.05, 3.63) is 83.8 Å². The molecule has 0 spiro atoms. The third kappa shape index (κ3) is 5.90. The summed E-state index contributed by atoms with van der Waals surface area (Å²) < 4.78 is 16.1. The Hall–Kier alpha value is -3.25. The lowest BCUT2D eigenvalue weighted by atomic mass is 10.2. The van der Waals surface area contributed by atoms with E-state index in [1.54, 1.807) is 25.5 Å². The maximum Gasteiger partial charge on any atom is 0.319 e. The smallest absolute Gasteiger partial charge is 0.319 e. The second kappa shape index (κ2) is 9.45. The van der Waals surface area contributed by atoms with Gasteiger partial charge in [0, 0.05) is 5.69 Å². The van der Waals surface area contributed by atoms with Crippen molar-refractivity contribution in [2.45, 2.75) is 19.8 Å². The number of methoxy groups -OCH3 is 1. The maximum absolute atomic E-state index is 12.0. The summed E-state index contributed by atoms with van der Waals surface area (Å²) >= 11 is 0. The molecule has 1 heterocycles. The molecule has 0 bridgehead atoms. The molecule has 140 valence electrons. The Balaban J connectivity index is 1.45. The monoisotopic (exact) mass is 366 g/mol. The zero-order valence-electron chi connectivity index (χ0n) is 15.1. The van der Waals surface area contributed by atoms with Crippen molar-refractivity contribution in [3.8, 4) is 5.75 Å². The average molecular weight is 366 g/mol. The summed E-state index contributed by atoms with van der Waals surface area (Å²) in [6, 6.07) is 18.6. The van der Waals surface area contributed by atoms with Gasteiger partial charge in [0.05, 0.1) is 33.1 Å². The highest BCUT2D eigenvalue weighted by Gasteiger charge is 2.04. The molecule has 6 nitrogen and oxygen atoms in total. The van der Waals surface area contributed by atoms with Crippen LogP contribution in [0.2, 0.25) is 0 Å². The second-order valence-electron chi connectivity index (χ2n) is 5.93. The molecular weight excluding hydrogens is 344 g/mol. The number of rotatable bonds is 8. The van der Waals surface area contributed by atoms with Gasteiger partial charge in [0.2, 0.25) is 0 Å². The van der Waals surface area contributed by atoms with Gasteiger partial charge in [0.15, 0.2) is 0 Å². The lowest BCUT2D eigenvalue weighted by Crippen LogP contribution is -2.28. The molecule has 6 heteroatoms. The Morgan fingerprint density at radius 2 is 1.81 bits per heavy atom. The number of anilines is 1. The van der Waals surface area contributed by atoms with E-state index in [2.05, 4.69) is 10.6 Å². The number of hydrogen-bond donors (Lipinski definition) is 2. The Morgan fingerprint density at radius 1 is 1.00 bits per heavy atom. The maximum atomic E-state index is 12.0.